The summed E-state index contributed by atoms with van der Waals surface area (Å²) in [7, 11) is 2.00. The summed E-state index contributed by atoms with van der Waals surface area (Å²) in [4.78, 5) is 2.51. The Kier molecular flexibility index (Phi) is 2.03. The molecule has 1 aromatic heterocycles. The van der Waals surface area contributed by atoms with Gasteiger partial charge in [-0.15, -0.1) is 0 Å². The van der Waals surface area contributed by atoms with E-state index in [1.807, 2.05) is 11.7 Å². The van der Waals surface area contributed by atoms with E-state index in [1.54, 1.807) is 0 Å². The second-order valence-corrected chi connectivity index (χ2v) is 5.99. The summed E-state index contributed by atoms with van der Waals surface area (Å²) in [5.74, 6) is 0. The smallest absolute Gasteiger partial charge is 0.0867 e. The van der Waals surface area contributed by atoms with E-state index >= 15 is 0 Å². The average Bonchev–Trinajstić information content (AvgIpc) is 2.48. The Labute approximate surface area is 92.1 Å². The highest BCUT2D eigenvalue weighted by atomic mass is 15.3. The fourth-order valence-corrected chi connectivity index (χ4v) is 2.74. The molecule has 0 fully saturated rings. The van der Waals surface area contributed by atoms with Crippen molar-refractivity contribution < 1.29 is 0 Å². The van der Waals surface area contributed by atoms with Crippen molar-refractivity contribution in [3.8, 4) is 0 Å². The minimum Gasteiger partial charge on any atom is -0.283 e. The Bertz CT molecular complexity index is 382. The number of aromatic nitrogens is 2. The molecule has 1 aliphatic rings. The summed E-state index contributed by atoms with van der Waals surface area (Å²) < 4.78 is 1.92. The van der Waals surface area contributed by atoms with Gasteiger partial charge in [0.05, 0.1) is 11.2 Å². The highest BCUT2D eigenvalue weighted by molar-refractivity contribution is 5.30. The van der Waals surface area contributed by atoms with Gasteiger partial charge in [-0.25, -0.2) is 0 Å². The Hall–Kier alpha value is -0.830. The third-order valence-corrected chi connectivity index (χ3v) is 3.30. The minimum atomic E-state index is 0.0504. The van der Waals surface area contributed by atoms with Crippen molar-refractivity contribution in [3.63, 3.8) is 0 Å². The quantitative estimate of drug-likeness (QED) is 0.650. The van der Waals surface area contributed by atoms with Crippen LogP contribution in [0.2, 0.25) is 0 Å². The van der Waals surface area contributed by atoms with Gasteiger partial charge in [-0.3, -0.25) is 9.58 Å². The maximum Gasteiger partial charge on any atom is 0.0867 e. The number of nitrogens with zero attached hydrogens (tertiary/aromatic N) is 3. The molecule has 3 heteroatoms. The van der Waals surface area contributed by atoms with E-state index in [9.17, 15) is 0 Å². The van der Waals surface area contributed by atoms with E-state index in [2.05, 4.69) is 50.8 Å². The number of hydrogen-bond donors (Lipinski definition) is 0. The van der Waals surface area contributed by atoms with Crippen LogP contribution in [0.5, 0.6) is 0 Å². The zero-order valence-electron chi connectivity index (χ0n) is 10.6. The molecule has 1 aromatic rings. The van der Waals surface area contributed by atoms with Gasteiger partial charge < -0.3 is 0 Å². The van der Waals surface area contributed by atoms with Crippen LogP contribution in [-0.2, 0) is 19.1 Å². The molecule has 0 N–H and O–H groups in total. The number of rotatable bonds is 0. The van der Waals surface area contributed by atoms with Crippen LogP contribution in [0, 0.1) is 0 Å². The zero-order chi connectivity index (χ0) is 11.4. The van der Waals surface area contributed by atoms with Crippen molar-refractivity contribution in [2.24, 2.45) is 7.05 Å². The predicted octanol–water partition coefficient (Wildman–Crippen LogP) is 2.27. The fraction of sp³-hybridized carbons (Fsp3) is 0.750. The van der Waals surface area contributed by atoms with Crippen molar-refractivity contribution >= 4 is 0 Å². The van der Waals surface area contributed by atoms with Crippen molar-refractivity contribution in [1.82, 2.24) is 14.7 Å². The molecule has 3 nitrogen and oxygen atoms in total. The predicted molar refractivity (Wildman–Crippen MR) is 61.5 cm³/mol. The molecule has 0 aromatic carbocycles. The van der Waals surface area contributed by atoms with E-state index in [-0.39, 0.29) is 11.1 Å². The van der Waals surface area contributed by atoms with Crippen molar-refractivity contribution in [2.75, 3.05) is 0 Å². The molecule has 0 saturated heterocycles. The van der Waals surface area contributed by atoms with E-state index < -0.39 is 0 Å². The number of aryl methyl sites for hydroxylation is 1. The lowest BCUT2D eigenvalue weighted by atomic mass is 9.95. The molecule has 0 radical (unpaired) electrons. The SMILES string of the molecule is Cn1cc2c(n1)C(C)(C)N(C(C)(C)C)C2. The van der Waals surface area contributed by atoms with Gasteiger partial charge in [-0.1, -0.05) is 0 Å². The maximum atomic E-state index is 4.58. The molecule has 0 amide bonds. The minimum absolute atomic E-state index is 0.0504. The van der Waals surface area contributed by atoms with Crippen LogP contribution in [0.1, 0.15) is 45.9 Å². The molecule has 15 heavy (non-hydrogen) atoms. The maximum absolute atomic E-state index is 4.58. The fourth-order valence-electron chi connectivity index (χ4n) is 2.74. The number of hydrogen-bond acceptors (Lipinski definition) is 2. The zero-order valence-corrected chi connectivity index (χ0v) is 10.6. The van der Waals surface area contributed by atoms with Crippen LogP contribution in [0.15, 0.2) is 6.20 Å². The van der Waals surface area contributed by atoms with Crippen molar-refractivity contribution in [3.05, 3.63) is 17.5 Å². The van der Waals surface area contributed by atoms with Gasteiger partial charge in [-0.05, 0) is 34.6 Å². The van der Waals surface area contributed by atoms with Gasteiger partial charge in [0.15, 0.2) is 0 Å². The first-order chi connectivity index (χ1) is 6.73. The molecule has 0 saturated carbocycles. The Morgan fingerprint density at radius 2 is 1.93 bits per heavy atom. The molecule has 2 heterocycles. The number of fused-ring (bicyclic) bond motifs is 1. The second-order valence-electron chi connectivity index (χ2n) is 5.99. The summed E-state index contributed by atoms with van der Waals surface area (Å²) in [6, 6.07) is 0. The lowest BCUT2D eigenvalue weighted by molar-refractivity contribution is 0.0324. The standard InChI is InChI=1S/C12H21N3/c1-11(2,3)15-8-9-7-14(6)13-10(9)12(15,4)5/h7H,8H2,1-6H3. The third kappa shape index (κ3) is 1.49. The van der Waals surface area contributed by atoms with E-state index in [0.29, 0.717) is 0 Å². The van der Waals surface area contributed by atoms with Gasteiger partial charge in [0.2, 0.25) is 0 Å². The first-order valence-electron chi connectivity index (χ1n) is 5.53. The molecule has 1 aliphatic heterocycles. The molecule has 0 unspecified atom stereocenters. The Balaban J connectivity index is 2.44. The van der Waals surface area contributed by atoms with E-state index in [1.165, 1.54) is 11.3 Å². The first kappa shape index (κ1) is 10.7. The summed E-state index contributed by atoms with van der Waals surface area (Å²) >= 11 is 0. The second kappa shape index (κ2) is 2.85. The van der Waals surface area contributed by atoms with Crippen LogP contribution in [-0.4, -0.2) is 20.2 Å². The normalized spacial score (nSPS) is 20.7. The Morgan fingerprint density at radius 1 is 1.33 bits per heavy atom. The molecule has 0 spiro atoms. The van der Waals surface area contributed by atoms with Gasteiger partial charge in [0, 0.05) is 30.9 Å². The van der Waals surface area contributed by atoms with Crippen LogP contribution in [0.3, 0.4) is 0 Å². The molecule has 84 valence electrons. The largest absolute Gasteiger partial charge is 0.283 e. The van der Waals surface area contributed by atoms with Crippen LogP contribution < -0.4 is 0 Å². The summed E-state index contributed by atoms with van der Waals surface area (Å²) in [6.07, 6.45) is 2.14. The van der Waals surface area contributed by atoms with Crippen LogP contribution in [0.4, 0.5) is 0 Å². The van der Waals surface area contributed by atoms with Gasteiger partial charge >= 0.3 is 0 Å². The molecule has 0 aliphatic carbocycles. The van der Waals surface area contributed by atoms with Crippen molar-refractivity contribution in [1.29, 1.82) is 0 Å². The Morgan fingerprint density at radius 3 is 2.40 bits per heavy atom. The summed E-state index contributed by atoms with van der Waals surface area (Å²) in [5, 5.41) is 4.58. The summed E-state index contributed by atoms with van der Waals surface area (Å²) in [5.41, 5.74) is 2.85. The molecular formula is C12H21N3. The van der Waals surface area contributed by atoms with Gasteiger partial charge in [0.1, 0.15) is 0 Å². The highest BCUT2D eigenvalue weighted by Gasteiger charge is 2.44. The van der Waals surface area contributed by atoms with Crippen molar-refractivity contribution in [2.45, 2.75) is 52.2 Å². The lowest BCUT2D eigenvalue weighted by Crippen LogP contribution is -2.48. The molecule has 0 atom stereocenters. The van der Waals surface area contributed by atoms with Crippen LogP contribution in [0.25, 0.3) is 0 Å². The first-order valence-corrected chi connectivity index (χ1v) is 5.53. The molecule has 0 bridgehead atoms. The van der Waals surface area contributed by atoms with Gasteiger partial charge in [0.25, 0.3) is 0 Å². The molecule has 2 rings (SSSR count). The lowest BCUT2D eigenvalue weighted by Gasteiger charge is -2.42. The monoisotopic (exact) mass is 207 g/mol. The third-order valence-electron chi connectivity index (χ3n) is 3.30. The van der Waals surface area contributed by atoms with Gasteiger partial charge in [-0.2, -0.15) is 5.10 Å². The van der Waals surface area contributed by atoms with E-state index in [4.69, 9.17) is 0 Å². The van der Waals surface area contributed by atoms with E-state index in [0.717, 1.165) is 6.54 Å². The highest BCUT2D eigenvalue weighted by Crippen LogP contribution is 2.41. The average molecular weight is 207 g/mol. The van der Waals surface area contributed by atoms with Crippen LogP contribution >= 0.6 is 0 Å². The topological polar surface area (TPSA) is 21.1 Å². The summed E-state index contributed by atoms with van der Waals surface area (Å²) in [6.45, 7) is 12.3. The molecular weight excluding hydrogens is 186 g/mol.